The fourth-order valence-corrected chi connectivity index (χ4v) is 0.860. The van der Waals surface area contributed by atoms with E-state index in [2.05, 4.69) is 4.98 Å². The molecule has 1 aromatic heterocycles. The second-order valence-corrected chi connectivity index (χ2v) is 2.14. The van der Waals surface area contributed by atoms with E-state index < -0.39 is 0 Å². The first-order valence-electron chi connectivity index (χ1n) is 2.55. The van der Waals surface area contributed by atoms with Gasteiger partial charge in [-0.15, -0.1) is 3.89 Å². The van der Waals surface area contributed by atoms with Crippen LogP contribution in [-0.4, -0.2) is 15.2 Å². The van der Waals surface area contributed by atoms with Crippen molar-refractivity contribution in [3.63, 3.8) is 0 Å². The highest BCUT2D eigenvalue weighted by atomic mass is 32.2. The Bertz CT molecular complexity index is 316. The Morgan fingerprint density at radius 1 is 1.91 bits per heavy atom. The Balaban J connectivity index is 3.14. The fraction of sp³-hybridized carbons (Fsp3) is 0. The standard InChI is InChI=1S/C5H2FN3OS/c6-11-9-2-4(1-7)8-5(9)3-10/h2-3H. The monoisotopic (exact) mass is 171 g/mol. The highest BCUT2D eigenvalue weighted by molar-refractivity contribution is 7.92. The maximum absolute atomic E-state index is 11.9. The van der Waals surface area contributed by atoms with Gasteiger partial charge in [-0.25, -0.2) is 8.96 Å². The third kappa shape index (κ3) is 1.38. The number of carbonyl (C=O) groups is 1. The highest BCUT2D eigenvalue weighted by Gasteiger charge is 2.06. The van der Waals surface area contributed by atoms with Crippen LogP contribution in [0.5, 0.6) is 0 Å². The predicted molar refractivity (Wildman–Crippen MR) is 36.4 cm³/mol. The van der Waals surface area contributed by atoms with E-state index in [9.17, 15) is 8.68 Å². The van der Waals surface area contributed by atoms with E-state index in [1.54, 1.807) is 6.07 Å². The van der Waals surface area contributed by atoms with Crippen molar-refractivity contribution >= 4 is 18.6 Å². The molecule has 4 nitrogen and oxygen atoms in total. The lowest BCUT2D eigenvalue weighted by Crippen LogP contribution is -1.89. The molecule has 0 bridgehead atoms. The largest absolute Gasteiger partial charge is 0.294 e. The minimum absolute atomic E-state index is 0.0252. The van der Waals surface area contributed by atoms with Gasteiger partial charge in [0.05, 0.1) is 6.20 Å². The van der Waals surface area contributed by atoms with Gasteiger partial charge in [-0.05, 0) is 0 Å². The summed E-state index contributed by atoms with van der Waals surface area (Å²) in [6, 6.07) is 1.69. The van der Waals surface area contributed by atoms with E-state index >= 15 is 0 Å². The van der Waals surface area contributed by atoms with Gasteiger partial charge < -0.3 is 0 Å². The van der Waals surface area contributed by atoms with Crippen molar-refractivity contribution in [2.24, 2.45) is 0 Å². The quantitative estimate of drug-likeness (QED) is 0.621. The molecule has 0 aromatic carbocycles. The van der Waals surface area contributed by atoms with Gasteiger partial charge in [0.1, 0.15) is 6.07 Å². The molecule has 0 saturated heterocycles. The Labute approximate surface area is 66.1 Å². The Morgan fingerprint density at radius 3 is 3.00 bits per heavy atom. The van der Waals surface area contributed by atoms with Crippen LogP contribution in [0.4, 0.5) is 3.89 Å². The molecule has 56 valence electrons. The third-order valence-electron chi connectivity index (χ3n) is 0.995. The van der Waals surface area contributed by atoms with Crippen LogP contribution in [0, 0.1) is 11.3 Å². The van der Waals surface area contributed by atoms with E-state index in [1.807, 2.05) is 0 Å². The first-order valence-corrected chi connectivity index (χ1v) is 3.23. The normalized spacial score (nSPS) is 9.09. The number of imidazole rings is 1. The van der Waals surface area contributed by atoms with E-state index in [-0.39, 0.29) is 23.9 Å². The molecule has 6 heteroatoms. The van der Waals surface area contributed by atoms with Crippen LogP contribution in [-0.2, 0) is 0 Å². The molecule has 0 fully saturated rings. The molecule has 11 heavy (non-hydrogen) atoms. The maximum atomic E-state index is 11.9. The summed E-state index contributed by atoms with van der Waals surface area (Å²) in [6.45, 7) is 0. The lowest BCUT2D eigenvalue weighted by molar-refractivity contribution is 0.111. The fourth-order valence-electron chi connectivity index (χ4n) is 0.566. The van der Waals surface area contributed by atoms with Crippen LogP contribution in [0.2, 0.25) is 0 Å². The number of hydrogen-bond donors (Lipinski definition) is 0. The zero-order chi connectivity index (χ0) is 8.27. The average molecular weight is 171 g/mol. The van der Waals surface area contributed by atoms with Gasteiger partial charge in [0.2, 0.25) is 0 Å². The summed E-state index contributed by atoms with van der Waals surface area (Å²) in [5, 5.41) is 8.29. The summed E-state index contributed by atoms with van der Waals surface area (Å²) >= 11 is -0.172. The summed E-state index contributed by atoms with van der Waals surface area (Å²) in [5.41, 5.74) is 0.0252. The van der Waals surface area contributed by atoms with Crippen LogP contribution < -0.4 is 0 Å². The minimum Gasteiger partial charge on any atom is -0.294 e. The van der Waals surface area contributed by atoms with Crippen molar-refractivity contribution in [3.8, 4) is 6.07 Å². The van der Waals surface area contributed by atoms with Gasteiger partial charge in [-0.2, -0.15) is 5.26 Å². The topological polar surface area (TPSA) is 58.7 Å². The molecular weight excluding hydrogens is 169 g/mol. The number of aromatic nitrogens is 2. The molecule has 0 aliphatic heterocycles. The molecule has 0 spiro atoms. The zero-order valence-corrected chi connectivity index (χ0v) is 6.01. The molecule has 0 N–H and O–H groups in total. The highest BCUT2D eigenvalue weighted by Crippen LogP contribution is 2.10. The van der Waals surface area contributed by atoms with E-state index in [0.717, 1.165) is 10.2 Å². The summed E-state index contributed by atoms with van der Waals surface area (Å²) in [5.74, 6) is -0.103. The van der Waals surface area contributed by atoms with Crippen molar-refractivity contribution in [1.82, 2.24) is 8.96 Å². The molecule has 1 rings (SSSR count). The molecule has 0 aliphatic rings. The van der Waals surface area contributed by atoms with Crippen molar-refractivity contribution in [1.29, 1.82) is 5.26 Å². The molecule has 0 aliphatic carbocycles. The number of halogens is 1. The molecule has 0 atom stereocenters. The van der Waals surface area contributed by atoms with Gasteiger partial charge in [-0.3, -0.25) is 4.79 Å². The van der Waals surface area contributed by atoms with Crippen LogP contribution in [0.15, 0.2) is 6.20 Å². The number of nitrogens with zero attached hydrogens (tertiary/aromatic N) is 3. The Kier molecular flexibility index (Phi) is 2.23. The second-order valence-electron chi connectivity index (χ2n) is 1.61. The molecule has 0 radical (unpaired) electrons. The maximum Gasteiger partial charge on any atom is 0.186 e. The second kappa shape index (κ2) is 3.16. The minimum atomic E-state index is -0.172. The van der Waals surface area contributed by atoms with E-state index in [0.29, 0.717) is 6.29 Å². The molecule has 1 aromatic rings. The number of carbonyl (C=O) groups excluding carboxylic acids is 1. The zero-order valence-electron chi connectivity index (χ0n) is 5.19. The molecule has 0 saturated carbocycles. The van der Waals surface area contributed by atoms with Gasteiger partial charge in [0.15, 0.2) is 30.1 Å². The van der Waals surface area contributed by atoms with Gasteiger partial charge in [0.25, 0.3) is 0 Å². The first-order chi connectivity index (χ1) is 5.31. The summed E-state index contributed by atoms with van der Waals surface area (Å²) < 4.78 is 12.8. The average Bonchev–Trinajstić information content (AvgIpc) is 2.46. The third-order valence-corrected chi connectivity index (χ3v) is 1.44. The van der Waals surface area contributed by atoms with Crippen LogP contribution in [0.25, 0.3) is 0 Å². The van der Waals surface area contributed by atoms with Crippen molar-refractivity contribution in [2.75, 3.05) is 0 Å². The molecule has 0 unspecified atom stereocenters. The number of aldehydes is 1. The smallest absolute Gasteiger partial charge is 0.186 e. The molecule has 0 amide bonds. The number of hydrogen-bond acceptors (Lipinski definition) is 4. The Morgan fingerprint density at radius 2 is 2.64 bits per heavy atom. The van der Waals surface area contributed by atoms with Crippen molar-refractivity contribution < 1.29 is 8.68 Å². The van der Waals surface area contributed by atoms with Crippen LogP contribution >= 0.6 is 12.3 Å². The molecular formula is C5H2FN3OS. The lowest BCUT2D eigenvalue weighted by Gasteiger charge is -1.88. The van der Waals surface area contributed by atoms with Crippen LogP contribution in [0.1, 0.15) is 16.3 Å². The number of rotatable bonds is 2. The van der Waals surface area contributed by atoms with E-state index in [1.165, 1.54) is 0 Å². The summed E-state index contributed by atoms with van der Waals surface area (Å²) in [6.07, 6.45) is 1.53. The van der Waals surface area contributed by atoms with Crippen molar-refractivity contribution in [3.05, 3.63) is 17.7 Å². The van der Waals surface area contributed by atoms with Gasteiger partial charge in [0, 0.05) is 0 Å². The number of nitriles is 1. The summed E-state index contributed by atoms with van der Waals surface area (Å²) in [4.78, 5) is 13.6. The van der Waals surface area contributed by atoms with Gasteiger partial charge >= 0.3 is 0 Å². The molecule has 1 heterocycles. The van der Waals surface area contributed by atoms with Crippen LogP contribution in [0.3, 0.4) is 0 Å². The van der Waals surface area contributed by atoms with Crippen molar-refractivity contribution in [2.45, 2.75) is 0 Å². The lowest BCUT2D eigenvalue weighted by atomic mass is 10.5. The first kappa shape index (κ1) is 7.75. The van der Waals surface area contributed by atoms with E-state index in [4.69, 9.17) is 5.26 Å². The summed E-state index contributed by atoms with van der Waals surface area (Å²) in [7, 11) is 0. The Hall–Kier alpha value is -1.35. The van der Waals surface area contributed by atoms with Gasteiger partial charge in [-0.1, -0.05) is 0 Å². The SMILES string of the molecule is N#Cc1cn(SF)c(C=O)n1. The predicted octanol–water partition coefficient (Wildman–Crippen LogP) is 0.948.